The number of rotatable bonds is 4. The summed E-state index contributed by atoms with van der Waals surface area (Å²) >= 11 is 0. The molecule has 0 saturated carbocycles. The lowest BCUT2D eigenvalue weighted by Gasteiger charge is -2.07. The number of furan rings is 1. The Bertz CT molecular complexity index is 508. The molecule has 1 aromatic carbocycles. The molecular weight excluding hydrogens is 221 g/mol. The van der Waals surface area contributed by atoms with Gasteiger partial charge in [-0.15, -0.1) is 0 Å². The molecule has 1 aromatic heterocycles. The number of benzene rings is 1. The molecule has 0 amide bonds. The Morgan fingerprint density at radius 1 is 1.24 bits per heavy atom. The van der Waals surface area contributed by atoms with E-state index in [4.69, 9.17) is 14.9 Å². The summed E-state index contributed by atoms with van der Waals surface area (Å²) in [5.74, 6) is 1.81. The number of nitrogens with two attached hydrogens (primary N) is 1. The van der Waals surface area contributed by atoms with E-state index in [1.54, 1.807) is 13.0 Å². The maximum absolute atomic E-state index is 12.9. The first-order valence-corrected chi connectivity index (χ1v) is 5.35. The number of hydrogen-bond donors (Lipinski definition) is 1. The molecule has 0 aliphatic rings. The Labute approximate surface area is 99.0 Å². The standard InChI is InChI=1S/C13H14FNO2/c1-9-6-10(14)2-5-13(9)16-8-12-4-3-11(7-15)17-12/h2-6H,7-8,15H2,1H3. The minimum Gasteiger partial charge on any atom is -0.485 e. The van der Waals surface area contributed by atoms with E-state index in [0.717, 1.165) is 11.3 Å². The summed E-state index contributed by atoms with van der Waals surface area (Å²) in [6, 6.07) is 8.05. The van der Waals surface area contributed by atoms with Crippen molar-refractivity contribution in [3.8, 4) is 5.75 Å². The average Bonchev–Trinajstić information content (AvgIpc) is 2.76. The van der Waals surface area contributed by atoms with Gasteiger partial charge in [0.05, 0.1) is 6.54 Å². The summed E-state index contributed by atoms with van der Waals surface area (Å²) in [6.07, 6.45) is 0. The van der Waals surface area contributed by atoms with Gasteiger partial charge >= 0.3 is 0 Å². The molecule has 1 heterocycles. The molecule has 4 heteroatoms. The second kappa shape index (κ2) is 5.01. The van der Waals surface area contributed by atoms with Crippen LogP contribution in [0.2, 0.25) is 0 Å². The van der Waals surface area contributed by atoms with Crippen LogP contribution in [0.15, 0.2) is 34.7 Å². The van der Waals surface area contributed by atoms with E-state index in [2.05, 4.69) is 0 Å². The molecule has 0 spiro atoms. The fraction of sp³-hybridized carbons (Fsp3) is 0.231. The van der Waals surface area contributed by atoms with Gasteiger partial charge in [0, 0.05) is 0 Å². The molecule has 0 bridgehead atoms. The first-order chi connectivity index (χ1) is 8.19. The molecular formula is C13H14FNO2. The molecule has 0 saturated heterocycles. The summed E-state index contributed by atoms with van der Waals surface area (Å²) in [7, 11) is 0. The molecule has 2 aromatic rings. The molecule has 0 fully saturated rings. The summed E-state index contributed by atoms with van der Waals surface area (Å²) in [4.78, 5) is 0. The Morgan fingerprint density at radius 3 is 2.65 bits per heavy atom. The highest BCUT2D eigenvalue weighted by Gasteiger charge is 2.04. The Morgan fingerprint density at radius 2 is 2.00 bits per heavy atom. The predicted molar refractivity (Wildman–Crippen MR) is 62.1 cm³/mol. The third kappa shape index (κ3) is 2.85. The van der Waals surface area contributed by atoms with Crippen LogP contribution in [0.5, 0.6) is 5.75 Å². The molecule has 90 valence electrons. The highest BCUT2D eigenvalue weighted by atomic mass is 19.1. The Kier molecular flexibility index (Phi) is 3.44. The van der Waals surface area contributed by atoms with Gasteiger partial charge in [-0.05, 0) is 42.8 Å². The highest BCUT2D eigenvalue weighted by molar-refractivity contribution is 5.32. The van der Waals surface area contributed by atoms with E-state index in [0.29, 0.717) is 24.7 Å². The zero-order chi connectivity index (χ0) is 12.3. The quantitative estimate of drug-likeness (QED) is 0.886. The smallest absolute Gasteiger partial charge is 0.146 e. The largest absolute Gasteiger partial charge is 0.485 e. The third-order valence-electron chi connectivity index (χ3n) is 2.43. The van der Waals surface area contributed by atoms with Crippen molar-refractivity contribution in [1.82, 2.24) is 0 Å². The van der Waals surface area contributed by atoms with Crippen LogP contribution in [0.25, 0.3) is 0 Å². The second-order valence-corrected chi connectivity index (χ2v) is 3.77. The first kappa shape index (κ1) is 11.7. The fourth-order valence-electron chi connectivity index (χ4n) is 1.53. The minimum absolute atomic E-state index is 0.265. The van der Waals surface area contributed by atoms with Gasteiger partial charge in [-0.1, -0.05) is 0 Å². The maximum Gasteiger partial charge on any atom is 0.146 e. The monoisotopic (exact) mass is 235 g/mol. The Balaban J connectivity index is 2.02. The summed E-state index contributed by atoms with van der Waals surface area (Å²) in [5, 5.41) is 0. The van der Waals surface area contributed by atoms with Crippen molar-refractivity contribution >= 4 is 0 Å². The fourth-order valence-corrected chi connectivity index (χ4v) is 1.53. The summed E-state index contributed by atoms with van der Waals surface area (Å²) < 4.78 is 23.8. The van der Waals surface area contributed by atoms with E-state index in [1.807, 2.05) is 12.1 Å². The van der Waals surface area contributed by atoms with Crippen molar-refractivity contribution in [1.29, 1.82) is 0 Å². The molecule has 17 heavy (non-hydrogen) atoms. The normalized spacial score (nSPS) is 10.5. The van der Waals surface area contributed by atoms with Gasteiger partial charge in [0.1, 0.15) is 29.7 Å². The SMILES string of the molecule is Cc1cc(F)ccc1OCc1ccc(CN)o1. The lowest BCUT2D eigenvalue weighted by molar-refractivity contribution is 0.264. The molecule has 0 aliphatic carbocycles. The van der Waals surface area contributed by atoms with E-state index in [9.17, 15) is 4.39 Å². The molecule has 0 radical (unpaired) electrons. The molecule has 0 atom stereocenters. The molecule has 0 unspecified atom stereocenters. The molecule has 2 N–H and O–H groups in total. The van der Waals surface area contributed by atoms with Crippen molar-refractivity contribution in [2.24, 2.45) is 5.73 Å². The van der Waals surface area contributed by atoms with Gasteiger partial charge in [0.15, 0.2) is 0 Å². The molecule has 2 rings (SSSR count). The summed E-state index contributed by atoms with van der Waals surface area (Å²) in [5.41, 5.74) is 6.19. The van der Waals surface area contributed by atoms with Crippen LogP contribution in [-0.2, 0) is 13.2 Å². The van der Waals surface area contributed by atoms with Crippen molar-refractivity contribution < 1.29 is 13.5 Å². The topological polar surface area (TPSA) is 48.4 Å². The maximum atomic E-state index is 12.9. The van der Waals surface area contributed by atoms with Gasteiger partial charge in [0.2, 0.25) is 0 Å². The van der Waals surface area contributed by atoms with Crippen LogP contribution >= 0.6 is 0 Å². The van der Waals surface area contributed by atoms with E-state index in [1.165, 1.54) is 12.1 Å². The van der Waals surface area contributed by atoms with Gasteiger partial charge in [0.25, 0.3) is 0 Å². The lowest BCUT2D eigenvalue weighted by atomic mass is 10.2. The second-order valence-electron chi connectivity index (χ2n) is 3.77. The zero-order valence-corrected chi connectivity index (χ0v) is 9.57. The first-order valence-electron chi connectivity index (χ1n) is 5.35. The van der Waals surface area contributed by atoms with Crippen LogP contribution in [0, 0.1) is 12.7 Å². The van der Waals surface area contributed by atoms with Crippen LogP contribution in [0.4, 0.5) is 4.39 Å². The van der Waals surface area contributed by atoms with E-state index in [-0.39, 0.29) is 5.82 Å². The lowest BCUT2D eigenvalue weighted by Crippen LogP contribution is -1.96. The minimum atomic E-state index is -0.265. The third-order valence-corrected chi connectivity index (χ3v) is 2.43. The van der Waals surface area contributed by atoms with E-state index < -0.39 is 0 Å². The van der Waals surface area contributed by atoms with E-state index >= 15 is 0 Å². The number of ether oxygens (including phenoxy) is 1. The van der Waals surface area contributed by atoms with Crippen molar-refractivity contribution in [2.75, 3.05) is 0 Å². The van der Waals surface area contributed by atoms with Crippen LogP contribution in [0.1, 0.15) is 17.1 Å². The number of aryl methyl sites for hydroxylation is 1. The highest BCUT2D eigenvalue weighted by Crippen LogP contribution is 2.20. The van der Waals surface area contributed by atoms with Crippen LogP contribution < -0.4 is 10.5 Å². The predicted octanol–water partition coefficient (Wildman–Crippen LogP) is 2.76. The molecule has 3 nitrogen and oxygen atoms in total. The van der Waals surface area contributed by atoms with Crippen molar-refractivity contribution in [3.05, 3.63) is 53.2 Å². The van der Waals surface area contributed by atoms with Crippen LogP contribution in [-0.4, -0.2) is 0 Å². The van der Waals surface area contributed by atoms with Crippen molar-refractivity contribution in [2.45, 2.75) is 20.1 Å². The number of hydrogen-bond acceptors (Lipinski definition) is 3. The summed E-state index contributed by atoms with van der Waals surface area (Å²) in [6.45, 7) is 2.48. The average molecular weight is 235 g/mol. The number of halogens is 1. The van der Waals surface area contributed by atoms with Gasteiger partial charge in [-0.2, -0.15) is 0 Å². The van der Waals surface area contributed by atoms with Gasteiger partial charge in [-0.25, -0.2) is 4.39 Å². The van der Waals surface area contributed by atoms with Gasteiger partial charge in [-0.3, -0.25) is 0 Å². The Hall–Kier alpha value is -1.81. The molecule has 0 aliphatic heterocycles. The van der Waals surface area contributed by atoms with Crippen molar-refractivity contribution in [3.63, 3.8) is 0 Å². The van der Waals surface area contributed by atoms with Crippen LogP contribution in [0.3, 0.4) is 0 Å². The van der Waals surface area contributed by atoms with Gasteiger partial charge < -0.3 is 14.9 Å². The zero-order valence-electron chi connectivity index (χ0n) is 9.57.